The second-order valence-corrected chi connectivity index (χ2v) is 5.27. The third kappa shape index (κ3) is 4.61. The molecule has 0 aliphatic rings. The van der Waals surface area contributed by atoms with Gasteiger partial charge in [0.15, 0.2) is 0 Å². The number of halogens is 1. The van der Waals surface area contributed by atoms with Crippen LogP contribution in [0.5, 0.6) is 0 Å². The van der Waals surface area contributed by atoms with Crippen molar-refractivity contribution in [2.75, 3.05) is 17.2 Å². The molecule has 6 heteroatoms. The molecule has 4 N–H and O–H groups in total. The molecular weight excluding hydrogens is 334 g/mol. The molecule has 0 aromatic heterocycles. The van der Waals surface area contributed by atoms with E-state index < -0.39 is 5.91 Å². The van der Waals surface area contributed by atoms with Gasteiger partial charge in [0.2, 0.25) is 11.8 Å². The number of hydrogen-bond acceptors (Lipinski definition) is 3. The third-order valence-corrected chi connectivity index (χ3v) is 3.20. The van der Waals surface area contributed by atoms with E-state index in [1.54, 1.807) is 30.3 Å². The maximum Gasteiger partial charge on any atom is 0.248 e. The highest BCUT2D eigenvalue weighted by Gasteiger charge is 2.04. The van der Waals surface area contributed by atoms with Gasteiger partial charge in [-0.1, -0.05) is 28.1 Å². The van der Waals surface area contributed by atoms with Crippen LogP contribution in [0.1, 0.15) is 10.4 Å². The molecule has 0 aliphatic carbocycles. The molecule has 108 valence electrons. The van der Waals surface area contributed by atoms with Crippen LogP contribution >= 0.6 is 15.9 Å². The first-order valence-electron chi connectivity index (χ1n) is 6.24. The molecule has 5 nitrogen and oxygen atoms in total. The Morgan fingerprint density at radius 3 is 2.48 bits per heavy atom. The smallest absolute Gasteiger partial charge is 0.248 e. The Morgan fingerprint density at radius 1 is 1.05 bits per heavy atom. The van der Waals surface area contributed by atoms with Crippen LogP contribution in [0, 0.1) is 0 Å². The summed E-state index contributed by atoms with van der Waals surface area (Å²) in [6.07, 6.45) is 0. The van der Waals surface area contributed by atoms with E-state index >= 15 is 0 Å². The fourth-order valence-corrected chi connectivity index (χ4v) is 2.14. The summed E-state index contributed by atoms with van der Waals surface area (Å²) >= 11 is 3.34. The lowest BCUT2D eigenvalue weighted by atomic mass is 10.2. The maximum absolute atomic E-state index is 11.8. The van der Waals surface area contributed by atoms with Gasteiger partial charge in [-0.3, -0.25) is 9.59 Å². The molecule has 2 aromatic carbocycles. The lowest BCUT2D eigenvalue weighted by Crippen LogP contribution is -2.22. The summed E-state index contributed by atoms with van der Waals surface area (Å²) in [5, 5.41) is 5.71. The molecular formula is C15H14BrN3O2. The van der Waals surface area contributed by atoms with Crippen molar-refractivity contribution in [3.63, 3.8) is 0 Å². The van der Waals surface area contributed by atoms with Gasteiger partial charge in [0.05, 0.1) is 6.54 Å². The largest absolute Gasteiger partial charge is 0.376 e. The van der Waals surface area contributed by atoms with Gasteiger partial charge in [-0.05, 0) is 36.4 Å². The van der Waals surface area contributed by atoms with E-state index in [1.807, 2.05) is 18.2 Å². The Balaban J connectivity index is 1.92. The number of nitrogens with one attached hydrogen (secondary N) is 2. The summed E-state index contributed by atoms with van der Waals surface area (Å²) in [6.45, 7) is 0.0920. The molecule has 2 amide bonds. The van der Waals surface area contributed by atoms with Gasteiger partial charge in [-0.15, -0.1) is 0 Å². The van der Waals surface area contributed by atoms with E-state index in [4.69, 9.17) is 5.73 Å². The SMILES string of the molecule is NC(=O)c1cccc(NCC(=O)Nc2cccc(Br)c2)c1. The number of anilines is 2. The summed E-state index contributed by atoms with van der Waals surface area (Å²) in [6, 6.07) is 14.0. The van der Waals surface area contributed by atoms with Gasteiger partial charge < -0.3 is 16.4 Å². The Kier molecular flexibility index (Phi) is 4.94. The monoisotopic (exact) mass is 347 g/mol. The molecule has 0 spiro atoms. The van der Waals surface area contributed by atoms with Crippen molar-refractivity contribution in [2.45, 2.75) is 0 Å². The Bertz CT molecular complexity index is 673. The lowest BCUT2D eigenvalue weighted by Gasteiger charge is -2.08. The van der Waals surface area contributed by atoms with E-state index in [9.17, 15) is 9.59 Å². The van der Waals surface area contributed by atoms with Gasteiger partial charge in [0.1, 0.15) is 0 Å². The Labute approximate surface area is 130 Å². The molecule has 0 atom stereocenters. The van der Waals surface area contributed by atoms with Crippen LogP contribution in [0.3, 0.4) is 0 Å². The molecule has 0 unspecified atom stereocenters. The Hall–Kier alpha value is -2.34. The minimum absolute atomic E-state index is 0.0920. The van der Waals surface area contributed by atoms with Crippen molar-refractivity contribution in [3.8, 4) is 0 Å². The fourth-order valence-electron chi connectivity index (χ4n) is 1.74. The average molecular weight is 348 g/mol. The molecule has 0 fully saturated rings. The zero-order valence-electron chi connectivity index (χ0n) is 11.1. The predicted molar refractivity (Wildman–Crippen MR) is 86.2 cm³/mol. The minimum atomic E-state index is -0.503. The number of primary amides is 1. The first kappa shape index (κ1) is 15.1. The van der Waals surface area contributed by atoms with E-state index in [0.717, 1.165) is 4.47 Å². The molecule has 21 heavy (non-hydrogen) atoms. The summed E-state index contributed by atoms with van der Waals surface area (Å²) < 4.78 is 0.891. The molecule has 0 saturated heterocycles. The van der Waals surface area contributed by atoms with Crippen molar-refractivity contribution >= 4 is 39.1 Å². The van der Waals surface area contributed by atoms with Crippen molar-refractivity contribution in [1.29, 1.82) is 0 Å². The molecule has 0 aliphatic heterocycles. The quantitative estimate of drug-likeness (QED) is 0.777. The topological polar surface area (TPSA) is 84.2 Å². The summed E-state index contributed by atoms with van der Waals surface area (Å²) in [7, 11) is 0. The number of benzene rings is 2. The van der Waals surface area contributed by atoms with Crippen LogP contribution in [-0.4, -0.2) is 18.4 Å². The van der Waals surface area contributed by atoms with E-state index in [1.165, 1.54) is 0 Å². The molecule has 0 heterocycles. The summed E-state index contributed by atoms with van der Waals surface area (Å²) in [4.78, 5) is 22.9. The zero-order chi connectivity index (χ0) is 15.2. The lowest BCUT2D eigenvalue weighted by molar-refractivity contribution is -0.114. The maximum atomic E-state index is 11.8. The first-order chi connectivity index (χ1) is 10.0. The number of hydrogen-bond donors (Lipinski definition) is 3. The highest BCUT2D eigenvalue weighted by molar-refractivity contribution is 9.10. The molecule has 0 radical (unpaired) electrons. The number of carbonyl (C=O) groups is 2. The zero-order valence-corrected chi connectivity index (χ0v) is 12.7. The molecule has 2 rings (SSSR count). The van der Waals surface area contributed by atoms with Gasteiger partial charge >= 0.3 is 0 Å². The highest BCUT2D eigenvalue weighted by atomic mass is 79.9. The summed E-state index contributed by atoms with van der Waals surface area (Å²) in [5.41, 5.74) is 6.97. The standard InChI is InChI=1S/C15H14BrN3O2/c16-11-4-2-6-13(8-11)19-14(20)9-18-12-5-1-3-10(7-12)15(17)21/h1-8,18H,9H2,(H2,17,21)(H,19,20). The number of amides is 2. The van der Waals surface area contributed by atoms with Gasteiger partial charge in [0.25, 0.3) is 0 Å². The van der Waals surface area contributed by atoms with Crippen molar-refractivity contribution in [3.05, 3.63) is 58.6 Å². The normalized spacial score (nSPS) is 9.95. The molecule has 2 aromatic rings. The van der Waals surface area contributed by atoms with E-state index in [2.05, 4.69) is 26.6 Å². The second kappa shape index (κ2) is 6.90. The molecule has 0 saturated carbocycles. The highest BCUT2D eigenvalue weighted by Crippen LogP contribution is 2.15. The van der Waals surface area contributed by atoms with Crippen molar-refractivity contribution < 1.29 is 9.59 Å². The van der Waals surface area contributed by atoms with Gasteiger partial charge in [-0.2, -0.15) is 0 Å². The number of nitrogens with two attached hydrogens (primary N) is 1. The minimum Gasteiger partial charge on any atom is -0.376 e. The fraction of sp³-hybridized carbons (Fsp3) is 0.0667. The Morgan fingerprint density at radius 2 is 1.76 bits per heavy atom. The van der Waals surface area contributed by atoms with Gasteiger partial charge in [-0.25, -0.2) is 0 Å². The van der Waals surface area contributed by atoms with E-state index in [-0.39, 0.29) is 12.5 Å². The van der Waals surface area contributed by atoms with Crippen LogP contribution < -0.4 is 16.4 Å². The van der Waals surface area contributed by atoms with E-state index in [0.29, 0.717) is 16.9 Å². The van der Waals surface area contributed by atoms with Crippen LogP contribution in [0.2, 0.25) is 0 Å². The van der Waals surface area contributed by atoms with Crippen molar-refractivity contribution in [1.82, 2.24) is 0 Å². The number of carbonyl (C=O) groups excluding carboxylic acids is 2. The van der Waals surface area contributed by atoms with Gasteiger partial charge in [0, 0.05) is 21.4 Å². The first-order valence-corrected chi connectivity index (χ1v) is 7.03. The number of rotatable bonds is 5. The average Bonchev–Trinajstić information content (AvgIpc) is 2.45. The summed E-state index contributed by atoms with van der Waals surface area (Å²) in [5.74, 6) is -0.685. The van der Waals surface area contributed by atoms with Crippen LogP contribution in [0.4, 0.5) is 11.4 Å². The van der Waals surface area contributed by atoms with Crippen LogP contribution in [0.25, 0.3) is 0 Å². The molecule has 0 bridgehead atoms. The second-order valence-electron chi connectivity index (χ2n) is 4.36. The predicted octanol–water partition coefficient (Wildman–Crippen LogP) is 2.60. The van der Waals surface area contributed by atoms with Crippen molar-refractivity contribution in [2.24, 2.45) is 5.73 Å². The third-order valence-electron chi connectivity index (χ3n) is 2.71. The van der Waals surface area contributed by atoms with Crippen LogP contribution in [-0.2, 0) is 4.79 Å². The van der Waals surface area contributed by atoms with Crippen LogP contribution in [0.15, 0.2) is 53.0 Å².